The summed E-state index contributed by atoms with van der Waals surface area (Å²) in [6.45, 7) is 3.26. The van der Waals surface area contributed by atoms with Crippen LogP contribution in [0.4, 0.5) is 0 Å². The summed E-state index contributed by atoms with van der Waals surface area (Å²) in [5.74, 6) is 0.729. The molecule has 4 nitrogen and oxygen atoms in total. The highest BCUT2D eigenvalue weighted by molar-refractivity contribution is 6.14. The first-order valence-corrected chi connectivity index (χ1v) is 7.42. The van der Waals surface area contributed by atoms with Crippen molar-refractivity contribution in [3.8, 4) is 0 Å². The van der Waals surface area contributed by atoms with Gasteiger partial charge in [0, 0.05) is 13.1 Å². The van der Waals surface area contributed by atoms with Gasteiger partial charge in [0.15, 0.2) is 0 Å². The molecule has 0 saturated carbocycles. The van der Waals surface area contributed by atoms with Crippen LogP contribution < -0.4 is 5.32 Å². The van der Waals surface area contributed by atoms with Gasteiger partial charge in [-0.25, -0.2) is 4.99 Å². The second-order valence-corrected chi connectivity index (χ2v) is 5.32. The van der Waals surface area contributed by atoms with Gasteiger partial charge in [-0.3, -0.25) is 9.69 Å². The van der Waals surface area contributed by atoms with E-state index in [2.05, 4.69) is 28.5 Å². The summed E-state index contributed by atoms with van der Waals surface area (Å²) in [5.41, 5.74) is 1.53. The Bertz CT molecular complexity index is 772. The number of carbonyl (C=O) groups is 1. The Balaban J connectivity index is 1.97. The van der Waals surface area contributed by atoms with Gasteiger partial charge in [-0.1, -0.05) is 42.5 Å². The Labute approximate surface area is 130 Å². The van der Waals surface area contributed by atoms with Crippen molar-refractivity contribution in [2.75, 3.05) is 20.1 Å². The molecule has 0 saturated heterocycles. The molecule has 0 aliphatic carbocycles. The lowest BCUT2D eigenvalue weighted by Crippen LogP contribution is -2.35. The maximum absolute atomic E-state index is 12.5. The van der Waals surface area contributed by atoms with E-state index in [0.29, 0.717) is 12.2 Å². The summed E-state index contributed by atoms with van der Waals surface area (Å²) in [5, 5.41) is 5.35. The normalized spacial score (nSPS) is 16.6. The first-order valence-electron chi connectivity index (χ1n) is 7.42. The van der Waals surface area contributed by atoms with Crippen LogP contribution in [-0.4, -0.2) is 36.8 Å². The molecule has 0 unspecified atom stereocenters. The molecule has 0 fully saturated rings. The number of benzene rings is 2. The second kappa shape index (κ2) is 6.12. The second-order valence-electron chi connectivity index (χ2n) is 5.32. The topological polar surface area (TPSA) is 44.7 Å². The molecule has 1 heterocycles. The van der Waals surface area contributed by atoms with Crippen molar-refractivity contribution in [1.29, 1.82) is 0 Å². The van der Waals surface area contributed by atoms with Crippen LogP contribution in [0.3, 0.4) is 0 Å². The first kappa shape index (κ1) is 14.5. The van der Waals surface area contributed by atoms with E-state index in [-0.39, 0.29) is 5.91 Å². The SMILES string of the molecule is CNCCN1C(=O)/C(=C/c2cccc3ccccc23)N=C1C. The van der Waals surface area contributed by atoms with Crippen molar-refractivity contribution in [1.82, 2.24) is 10.2 Å². The quantitative estimate of drug-likeness (QED) is 0.881. The standard InChI is InChI=1S/C18H19N3O/c1-13-20-17(18(22)21(13)11-10-19-2)12-15-8-5-7-14-6-3-4-9-16(14)15/h3-9,12,19H,10-11H2,1-2H3/b17-12-. The Morgan fingerprint density at radius 3 is 2.77 bits per heavy atom. The maximum Gasteiger partial charge on any atom is 0.277 e. The van der Waals surface area contributed by atoms with Crippen molar-refractivity contribution in [3.63, 3.8) is 0 Å². The molecule has 0 atom stereocenters. The first-order chi connectivity index (χ1) is 10.7. The van der Waals surface area contributed by atoms with E-state index in [4.69, 9.17) is 0 Å². The number of amides is 1. The molecule has 2 aromatic rings. The number of likely N-dealkylation sites (N-methyl/N-ethyl adjacent to an activating group) is 1. The summed E-state index contributed by atoms with van der Waals surface area (Å²) in [7, 11) is 1.87. The van der Waals surface area contributed by atoms with E-state index < -0.39 is 0 Å². The number of hydrogen-bond acceptors (Lipinski definition) is 3. The maximum atomic E-state index is 12.5. The van der Waals surface area contributed by atoms with Crippen LogP contribution in [0.2, 0.25) is 0 Å². The molecule has 1 aliphatic heterocycles. The fourth-order valence-electron chi connectivity index (χ4n) is 2.67. The molecule has 0 spiro atoms. The number of hydrogen-bond donors (Lipinski definition) is 1. The molecule has 1 amide bonds. The number of nitrogens with zero attached hydrogens (tertiary/aromatic N) is 2. The zero-order chi connectivity index (χ0) is 15.5. The number of rotatable bonds is 4. The average Bonchev–Trinajstić information content (AvgIpc) is 2.80. The summed E-state index contributed by atoms with van der Waals surface area (Å²) >= 11 is 0. The van der Waals surface area contributed by atoms with E-state index in [9.17, 15) is 4.79 Å². The van der Waals surface area contributed by atoms with Crippen LogP contribution in [0.1, 0.15) is 12.5 Å². The minimum atomic E-state index is -0.0271. The van der Waals surface area contributed by atoms with E-state index >= 15 is 0 Å². The zero-order valence-electron chi connectivity index (χ0n) is 12.8. The lowest BCUT2D eigenvalue weighted by molar-refractivity contribution is -0.122. The summed E-state index contributed by atoms with van der Waals surface area (Å²) < 4.78 is 0. The van der Waals surface area contributed by atoms with Crippen LogP contribution in [0.15, 0.2) is 53.2 Å². The van der Waals surface area contributed by atoms with Gasteiger partial charge < -0.3 is 5.32 Å². The summed E-state index contributed by atoms with van der Waals surface area (Å²) in [4.78, 5) is 18.6. The van der Waals surface area contributed by atoms with Gasteiger partial charge >= 0.3 is 0 Å². The van der Waals surface area contributed by atoms with Crippen molar-refractivity contribution >= 4 is 28.6 Å². The Morgan fingerprint density at radius 1 is 1.18 bits per heavy atom. The highest BCUT2D eigenvalue weighted by Crippen LogP contribution is 2.23. The van der Waals surface area contributed by atoms with Crippen LogP contribution >= 0.6 is 0 Å². The number of fused-ring (bicyclic) bond motifs is 1. The van der Waals surface area contributed by atoms with Gasteiger partial charge in [0.2, 0.25) is 0 Å². The Kier molecular flexibility index (Phi) is 4.02. The van der Waals surface area contributed by atoms with Gasteiger partial charge in [-0.2, -0.15) is 0 Å². The molecule has 1 N–H and O–H groups in total. The molecule has 112 valence electrons. The molecular weight excluding hydrogens is 274 g/mol. The minimum Gasteiger partial charge on any atom is -0.318 e. The summed E-state index contributed by atoms with van der Waals surface area (Å²) in [6, 6.07) is 14.3. The fraction of sp³-hybridized carbons (Fsp3) is 0.222. The Morgan fingerprint density at radius 2 is 1.95 bits per heavy atom. The van der Waals surface area contributed by atoms with E-state index in [1.807, 2.05) is 44.3 Å². The zero-order valence-corrected chi connectivity index (χ0v) is 12.8. The monoisotopic (exact) mass is 293 g/mol. The number of aliphatic imine (C=N–C) groups is 1. The molecule has 3 rings (SSSR count). The van der Waals surface area contributed by atoms with Crippen LogP contribution in [0.5, 0.6) is 0 Å². The molecule has 0 aromatic heterocycles. The number of nitrogens with one attached hydrogen (secondary N) is 1. The lowest BCUT2D eigenvalue weighted by Gasteiger charge is -2.15. The molecular formula is C18H19N3O. The van der Waals surface area contributed by atoms with Crippen molar-refractivity contribution < 1.29 is 4.79 Å². The van der Waals surface area contributed by atoms with Gasteiger partial charge in [0.05, 0.1) is 0 Å². The molecule has 2 aromatic carbocycles. The van der Waals surface area contributed by atoms with Gasteiger partial charge in [-0.05, 0) is 36.4 Å². The predicted molar refractivity (Wildman–Crippen MR) is 90.7 cm³/mol. The molecule has 0 bridgehead atoms. The minimum absolute atomic E-state index is 0.0271. The molecule has 4 heteroatoms. The third-order valence-electron chi connectivity index (χ3n) is 3.84. The summed E-state index contributed by atoms with van der Waals surface area (Å²) in [6.07, 6.45) is 1.88. The third kappa shape index (κ3) is 2.65. The lowest BCUT2D eigenvalue weighted by atomic mass is 10.0. The van der Waals surface area contributed by atoms with Crippen LogP contribution in [0, 0.1) is 0 Å². The Hall–Kier alpha value is -2.46. The number of amidine groups is 1. The molecule has 22 heavy (non-hydrogen) atoms. The molecule has 0 radical (unpaired) electrons. The van der Waals surface area contributed by atoms with E-state index in [1.54, 1.807) is 4.90 Å². The van der Waals surface area contributed by atoms with Gasteiger partial charge in [0.25, 0.3) is 5.91 Å². The third-order valence-corrected chi connectivity index (χ3v) is 3.84. The van der Waals surface area contributed by atoms with Crippen molar-refractivity contribution in [3.05, 3.63) is 53.7 Å². The van der Waals surface area contributed by atoms with Crippen molar-refractivity contribution in [2.45, 2.75) is 6.92 Å². The fourth-order valence-corrected chi connectivity index (χ4v) is 2.67. The predicted octanol–water partition coefficient (Wildman–Crippen LogP) is 2.66. The highest BCUT2D eigenvalue weighted by Gasteiger charge is 2.26. The highest BCUT2D eigenvalue weighted by atomic mass is 16.2. The van der Waals surface area contributed by atoms with Crippen LogP contribution in [0.25, 0.3) is 16.8 Å². The van der Waals surface area contributed by atoms with Gasteiger partial charge in [0.1, 0.15) is 11.5 Å². The largest absolute Gasteiger partial charge is 0.318 e. The number of carbonyl (C=O) groups excluding carboxylic acids is 1. The smallest absolute Gasteiger partial charge is 0.277 e. The van der Waals surface area contributed by atoms with E-state index in [0.717, 1.165) is 28.7 Å². The van der Waals surface area contributed by atoms with E-state index in [1.165, 1.54) is 0 Å². The average molecular weight is 293 g/mol. The molecule has 1 aliphatic rings. The van der Waals surface area contributed by atoms with Crippen LogP contribution in [-0.2, 0) is 4.79 Å². The van der Waals surface area contributed by atoms with Gasteiger partial charge in [-0.15, -0.1) is 0 Å². The van der Waals surface area contributed by atoms with Crippen molar-refractivity contribution in [2.24, 2.45) is 4.99 Å².